The number of morpholine rings is 1. The highest BCUT2D eigenvalue weighted by Gasteiger charge is 2.30. The molecule has 0 radical (unpaired) electrons. The second-order valence-corrected chi connectivity index (χ2v) is 6.69. The number of carbonyl (C=O) groups is 1. The van der Waals surface area contributed by atoms with Crippen molar-refractivity contribution in [3.8, 4) is 0 Å². The fourth-order valence-corrected chi connectivity index (χ4v) is 3.44. The fourth-order valence-electron chi connectivity index (χ4n) is 2.56. The van der Waals surface area contributed by atoms with E-state index in [1.807, 2.05) is 17.9 Å². The molecule has 2 aromatic rings. The number of thiophene rings is 1. The first-order chi connectivity index (χ1) is 10.1. The summed E-state index contributed by atoms with van der Waals surface area (Å²) in [5, 5.41) is 0. The van der Waals surface area contributed by atoms with E-state index in [1.54, 1.807) is 17.5 Å². The molecule has 3 heterocycles. The predicted molar refractivity (Wildman–Crippen MR) is 81.4 cm³/mol. The van der Waals surface area contributed by atoms with Gasteiger partial charge in [-0.1, -0.05) is 0 Å². The number of imidazole rings is 1. The van der Waals surface area contributed by atoms with E-state index in [-0.39, 0.29) is 11.9 Å². The maximum atomic E-state index is 12.6. The maximum absolute atomic E-state index is 12.6. The van der Waals surface area contributed by atoms with Crippen molar-refractivity contribution in [1.82, 2.24) is 14.9 Å². The Balaban J connectivity index is 1.75. The highest BCUT2D eigenvalue weighted by molar-refractivity contribution is 7.12. The van der Waals surface area contributed by atoms with Gasteiger partial charge in [0.15, 0.2) is 0 Å². The lowest BCUT2D eigenvalue weighted by Gasteiger charge is -2.34. The molecule has 1 aliphatic rings. The Bertz CT molecular complexity index is 634. The maximum Gasteiger partial charge on any atom is 0.228 e. The minimum absolute atomic E-state index is 0.110. The van der Waals surface area contributed by atoms with E-state index in [2.05, 4.69) is 23.0 Å². The van der Waals surface area contributed by atoms with Gasteiger partial charge in [0, 0.05) is 28.2 Å². The van der Waals surface area contributed by atoms with Crippen molar-refractivity contribution in [2.45, 2.75) is 26.3 Å². The van der Waals surface area contributed by atoms with Crippen molar-refractivity contribution in [3.05, 3.63) is 39.6 Å². The summed E-state index contributed by atoms with van der Waals surface area (Å²) in [7, 11) is 0. The van der Waals surface area contributed by atoms with E-state index in [9.17, 15) is 4.79 Å². The molecule has 0 spiro atoms. The van der Waals surface area contributed by atoms with Crippen molar-refractivity contribution in [3.63, 3.8) is 0 Å². The Morgan fingerprint density at radius 2 is 2.38 bits per heavy atom. The molecule has 3 rings (SSSR count). The van der Waals surface area contributed by atoms with Crippen molar-refractivity contribution in [2.75, 3.05) is 19.8 Å². The molecular formula is C15H19N3O2S. The third kappa shape index (κ3) is 3.16. The Labute approximate surface area is 128 Å². The molecule has 1 atom stereocenters. The van der Waals surface area contributed by atoms with Crippen molar-refractivity contribution >= 4 is 17.2 Å². The third-order valence-electron chi connectivity index (χ3n) is 3.61. The van der Waals surface area contributed by atoms with Gasteiger partial charge in [-0.2, -0.15) is 0 Å². The molecule has 1 N–H and O–H groups in total. The number of hydrogen-bond acceptors (Lipinski definition) is 4. The Hall–Kier alpha value is -1.66. The van der Waals surface area contributed by atoms with Crippen LogP contribution in [0.5, 0.6) is 0 Å². The number of aryl methyl sites for hydroxylation is 2. The standard InChI is InChI=1S/C15H19N3O2S/c1-10-8-16-15(17-10)13-9-20-6-5-18(13)14(19)7-12-4-3-11(2)21-12/h3-4,8,13H,5-7,9H2,1-2H3,(H,16,17)/t13-/m1/s1. The van der Waals surface area contributed by atoms with Crippen LogP contribution in [0.2, 0.25) is 0 Å². The lowest BCUT2D eigenvalue weighted by Crippen LogP contribution is -2.44. The van der Waals surface area contributed by atoms with Crippen LogP contribution in [0.4, 0.5) is 0 Å². The summed E-state index contributed by atoms with van der Waals surface area (Å²) in [6.07, 6.45) is 2.24. The SMILES string of the molecule is Cc1cnc([C@H]2COCCN2C(=O)Cc2ccc(C)s2)[nH]1. The van der Waals surface area contributed by atoms with Crippen LogP contribution >= 0.6 is 11.3 Å². The van der Waals surface area contributed by atoms with Gasteiger partial charge in [-0.15, -0.1) is 11.3 Å². The molecule has 6 heteroatoms. The number of rotatable bonds is 3. The van der Waals surface area contributed by atoms with Crippen LogP contribution in [-0.2, 0) is 16.0 Å². The van der Waals surface area contributed by atoms with Crippen LogP contribution in [-0.4, -0.2) is 40.5 Å². The molecule has 1 fully saturated rings. The molecule has 21 heavy (non-hydrogen) atoms. The fraction of sp³-hybridized carbons (Fsp3) is 0.467. The van der Waals surface area contributed by atoms with Crippen LogP contribution < -0.4 is 0 Å². The molecule has 112 valence electrons. The van der Waals surface area contributed by atoms with Gasteiger partial charge in [-0.05, 0) is 26.0 Å². The molecule has 0 unspecified atom stereocenters. The molecule has 0 saturated carbocycles. The van der Waals surface area contributed by atoms with Crippen molar-refractivity contribution < 1.29 is 9.53 Å². The normalized spacial score (nSPS) is 19.0. The van der Waals surface area contributed by atoms with Gasteiger partial charge in [0.2, 0.25) is 5.91 Å². The molecule has 1 aliphatic heterocycles. The van der Waals surface area contributed by atoms with E-state index >= 15 is 0 Å². The molecule has 2 aromatic heterocycles. The van der Waals surface area contributed by atoms with E-state index in [4.69, 9.17) is 4.74 Å². The molecule has 1 saturated heterocycles. The highest BCUT2D eigenvalue weighted by atomic mass is 32.1. The number of ether oxygens (including phenoxy) is 1. The molecular weight excluding hydrogens is 286 g/mol. The zero-order valence-electron chi connectivity index (χ0n) is 12.3. The van der Waals surface area contributed by atoms with E-state index < -0.39 is 0 Å². The molecule has 5 nitrogen and oxygen atoms in total. The van der Waals surface area contributed by atoms with Crippen LogP contribution in [0.3, 0.4) is 0 Å². The number of aromatic amines is 1. The summed E-state index contributed by atoms with van der Waals surface area (Å²) < 4.78 is 5.53. The minimum Gasteiger partial charge on any atom is -0.377 e. The smallest absolute Gasteiger partial charge is 0.228 e. The minimum atomic E-state index is -0.110. The summed E-state index contributed by atoms with van der Waals surface area (Å²) in [6.45, 7) is 5.73. The van der Waals surface area contributed by atoms with E-state index in [1.165, 1.54) is 4.88 Å². The average Bonchev–Trinajstić information content (AvgIpc) is 3.07. The second kappa shape index (κ2) is 5.99. The van der Waals surface area contributed by atoms with Gasteiger partial charge in [0.1, 0.15) is 11.9 Å². The van der Waals surface area contributed by atoms with Crippen LogP contribution in [0.15, 0.2) is 18.3 Å². The van der Waals surface area contributed by atoms with Gasteiger partial charge in [0.25, 0.3) is 0 Å². The molecule has 1 amide bonds. The Kier molecular flexibility index (Phi) is 4.07. The van der Waals surface area contributed by atoms with Gasteiger partial charge in [0.05, 0.1) is 19.6 Å². The van der Waals surface area contributed by atoms with Gasteiger partial charge in [-0.3, -0.25) is 4.79 Å². The number of carbonyl (C=O) groups excluding carboxylic acids is 1. The topological polar surface area (TPSA) is 58.2 Å². The highest BCUT2D eigenvalue weighted by Crippen LogP contribution is 2.24. The number of nitrogens with one attached hydrogen (secondary N) is 1. The molecule has 0 aromatic carbocycles. The van der Waals surface area contributed by atoms with Crippen molar-refractivity contribution in [2.24, 2.45) is 0 Å². The lowest BCUT2D eigenvalue weighted by atomic mass is 10.2. The zero-order chi connectivity index (χ0) is 14.8. The predicted octanol–water partition coefficient (Wildman–Crippen LogP) is 2.23. The Morgan fingerprint density at radius 1 is 1.52 bits per heavy atom. The van der Waals surface area contributed by atoms with Crippen LogP contribution in [0, 0.1) is 13.8 Å². The average molecular weight is 305 g/mol. The molecule has 0 aliphatic carbocycles. The number of aromatic nitrogens is 2. The van der Waals surface area contributed by atoms with Crippen molar-refractivity contribution in [1.29, 1.82) is 0 Å². The quantitative estimate of drug-likeness (QED) is 0.946. The summed E-state index contributed by atoms with van der Waals surface area (Å²) >= 11 is 1.68. The first kappa shape index (κ1) is 14.3. The first-order valence-corrected chi connectivity index (χ1v) is 7.89. The van der Waals surface area contributed by atoms with Gasteiger partial charge < -0.3 is 14.6 Å². The van der Waals surface area contributed by atoms with Gasteiger partial charge in [-0.25, -0.2) is 4.98 Å². The summed E-state index contributed by atoms with van der Waals surface area (Å²) in [5.41, 5.74) is 0.997. The van der Waals surface area contributed by atoms with Crippen LogP contribution in [0.1, 0.15) is 27.3 Å². The summed E-state index contributed by atoms with van der Waals surface area (Å²) in [4.78, 5) is 24.4. The molecule has 0 bridgehead atoms. The first-order valence-electron chi connectivity index (χ1n) is 7.07. The van der Waals surface area contributed by atoms with E-state index in [0.717, 1.165) is 16.4 Å². The van der Waals surface area contributed by atoms with E-state index in [0.29, 0.717) is 26.2 Å². The number of H-pyrrole nitrogens is 1. The lowest BCUT2D eigenvalue weighted by molar-refractivity contribution is -0.139. The number of hydrogen-bond donors (Lipinski definition) is 1. The zero-order valence-corrected chi connectivity index (χ0v) is 13.1. The second-order valence-electron chi connectivity index (χ2n) is 5.32. The summed E-state index contributed by atoms with van der Waals surface area (Å²) in [6, 6.07) is 3.98. The van der Waals surface area contributed by atoms with Crippen LogP contribution in [0.25, 0.3) is 0 Å². The summed E-state index contributed by atoms with van der Waals surface area (Å²) in [5.74, 6) is 0.946. The number of amides is 1. The largest absolute Gasteiger partial charge is 0.377 e. The third-order valence-corrected chi connectivity index (χ3v) is 4.61. The monoisotopic (exact) mass is 305 g/mol. The Morgan fingerprint density at radius 3 is 3.05 bits per heavy atom. The number of nitrogens with zero attached hydrogens (tertiary/aromatic N) is 2. The van der Waals surface area contributed by atoms with Gasteiger partial charge >= 0.3 is 0 Å².